The number of nitrogens with one attached hydrogen (secondary N) is 1. The molecule has 1 aromatic heterocycles. The lowest BCUT2D eigenvalue weighted by Gasteiger charge is -2.09. The van der Waals surface area contributed by atoms with Crippen molar-refractivity contribution < 1.29 is 4.74 Å². The molecule has 0 bridgehead atoms. The molecule has 2 rings (SSSR count). The summed E-state index contributed by atoms with van der Waals surface area (Å²) in [6, 6.07) is 6.49. The summed E-state index contributed by atoms with van der Waals surface area (Å²) in [6.45, 7) is 4.59. The summed E-state index contributed by atoms with van der Waals surface area (Å²) in [5.74, 6) is 0. The van der Waals surface area contributed by atoms with Crippen LogP contribution in [0.4, 0.5) is 0 Å². The average molecular weight is 289 g/mol. The first-order chi connectivity index (χ1) is 9.79. The van der Waals surface area contributed by atoms with Crippen LogP contribution in [0.2, 0.25) is 0 Å². The van der Waals surface area contributed by atoms with Gasteiger partial charge in [0.1, 0.15) is 5.03 Å². The van der Waals surface area contributed by atoms with Crippen molar-refractivity contribution in [3.63, 3.8) is 0 Å². The van der Waals surface area contributed by atoms with Gasteiger partial charge in [-0.05, 0) is 24.1 Å². The summed E-state index contributed by atoms with van der Waals surface area (Å²) < 4.78 is 5.01. The van der Waals surface area contributed by atoms with Crippen LogP contribution in [-0.4, -0.2) is 30.2 Å². The van der Waals surface area contributed by atoms with Crippen molar-refractivity contribution in [1.82, 2.24) is 15.3 Å². The van der Waals surface area contributed by atoms with Gasteiger partial charge in [-0.1, -0.05) is 23.9 Å². The van der Waals surface area contributed by atoms with Crippen molar-refractivity contribution >= 4 is 11.8 Å². The Bertz CT molecular complexity index is 534. The zero-order valence-corrected chi connectivity index (χ0v) is 12.6. The lowest BCUT2D eigenvalue weighted by atomic mass is 10.1. The fourth-order valence-corrected chi connectivity index (χ4v) is 2.60. The van der Waals surface area contributed by atoms with Crippen LogP contribution in [-0.2, 0) is 11.3 Å². The molecule has 0 fully saturated rings. The van der Waals surface area contributed by atoms with E-state index in [2.05, 4.69) is 40.4 Å². The highest BCUT2D eigenvalue weighted by molar-refractivity contribution is 7.99. The Labute approximate surface area is 124 Å². The number of nitrogens with zero attached hydrogens (tertiary/aromatic N) is 2. The van der Waals surface area contributed by atoms with Gasteiger partial charge >= 0.3 is 0 Å². The third kappa shape index (κ3) is 4.59. The third-order valence-corrected chi connectivity index (χ3v) is 3.90. The minimum Gasteiger partial charge on any atom is -0.383 e. The summed E-state index contributed by atoms with van der Waals surface area (Å²) in [7, 11) is 1.71. The summed E-state index contributed by atoms with van der Waals surface area (Å²) in [5, 5.41) is 4.26. The van der Waals surface area contributed by atoms with E-state index in [9.17, 15) is 0 Å². The van der Waals surface area contributed by atoms with Gasteiger partial charge in [-0.2, -0.15) is 0 Å². The van der Waals surface area contributed by atoms with Crippen LogP contribution in [0.25, 0.3) is 0 Å². The molecule has 0 unspecified atom stereocenters. The van der Waals surface area contributed by atoms with Crippen LogP contribution in [0.1, 0.15) is 11.1 Å². The van der Waals surface area contributed by atoms with Gasteiger partial charge in [-0.3, -0.25) is 4.98 Å². The zero-order chi connectivity index (χ0) is 14.2. The highest BCUT2D eigenvalue weighted by atomic mass is 32.2. The monoisotopic (exact) mass is 289 g/mol. The van der Waals surface area contributed by atoms with E-state index in [0.717, 1.165) is 24.7 Å². The molecule has 0 saturated heterocycles. The lowest BCUT2D eigenvalue weighted by molar-refractivity contribution is 0.199. The first-order valence-corrected chi connectivity index (χ1v) is 7.34. The predicted octanol–water partition coefficient (Wildman–Crippen LogP) is 2.67. The topological polar surface area (TPSA) is 47.0 Å². The van der Waals surface area contributed by atoms with E-state index < -0.39 is 0 Å². The maximum Gasteiger partial charge on any atom is 0.119 e. The van der Waals surface area contributed by atoms with Crippen LogP contribution in [0.3, 0.4) is 0 Å². The van der Waals surface area contributed by atoms with E-state index in [0.29, 0.717) is 0 Å². The minimum atomic E-state index is 0.736. The third-order valence-electron chi connectivity index (χ3n) is 2.81. The van der Waals surface area contributed by atoms with Crippen LogP contribution in [0, 0.1) is 6.92 Å². The van der Waals surface area contributed by atoms with Gasteiger partial charge in [0.15, 0.2) is 0 Å². The molecule has 0 aliphatic heterocycles. The van der Waals surface area contributed by atoms with E-state index in [1.807, 2.05) is 0 Å². The molecular formula is C15H19N3OS. The molecule has 0 saturated carbocycles. The van der Waals surface area contributed by atoms with Gasteiger partial charge in [0.25, 0.3) is 0 Å². The number of rotatable bonds is 7. The standard InChI is InChI=1S/C15H19N3OS/c1-12-9-13(10-17-7-8-19-2)3-4-14(12)20-15-11-16-5-6-18-15/h3-6,9,11,17H,7-8,10H2,1-2H3. The Hall–Kier alpha value is -1.43. The number of ether oxygens (including phenoxy) is 1. The summed E-state index contributed by atoms with van der Waals surface area (Å²) in [6.07, 6.45) is 5.18. The summed E-state index contributed by atoms with van der Waals surface area (Å²) in [4.78, 5) is 9.58. The lowest BCUT2D eigenvalue weighted by Crippen LogP contribution is -2.18. The normalized spacial score (nSPS) is 10.7. The number of benzene rings is 1. The molecule has 1 N–H and O–H groups in total. The second-order valence-corrected chi connectivity index (χ2v) is 5.48. The van der Waals surface area contributed by atoms with Crippen molar-refractivity contribution in [3.05, 3.63) is 47.9 Å². The van der Waals surface area contributed by atoms with Crippen molar-refractivity contribution in [2.24, 2.45) is 0 Å². The van der Waals surface area contributed by atoms with Crippen molar-refractivity contribution in [3.8, 4) is 0 Å². The highest BCUT2D eigenvalue weighted by Gasteiger charge is 2.03. The van der Waals surface area contributed by atoms with E-state index >= 15 is 0 Å². The van der Waals surface area contributed by atoms with Crippen LogP contribution in [0.15, 0.2) is 46.7 Å². The Morgan fingerprint density at radius 1 is 1.30 bits per heavy atom. The quantitative estimate of drug-likeness (QED) is 0.794. The van der Waals surface area contributed by atoms with Gasteiger partial charge in [-0.25, -0.2) is 4.98 Å². The zero-order valence-electron chi connectivity index (χ0n) is 11.8. The molecule has 1 heterocycles. The smallest absolute Gasteiger partial charge is 0.119 e. The molecule has 0 aliphatic rings. The number of methoxy groups -OCH3 is 1. The van der Waals surface area contributed by atoms with Gasteiger partial charge in [0.2, 0.25) is 0 Å². The summed E-state index contributed by atoms with van der Waals surface area (Å²) in [5.41, 5.74) is 2.54. The Kier molecular flexibility index (Phi) is 5.98. The largest absolute Gasteiger partial charge is 0.383 e. The molecule has 0 radical (unpaired) electrons. The van der Waals surface area contributed by atoms with Gasteiger partial charge < -0.3 is 10.1 Å². The molecule has 0 atom stereocenters. The number of aryl methyl sites for hydroxylation is 1. The molecule has 2 aromatic rings. The Balaban J connectivity index is 1.95. The van der Waals surface area contributed by atoms with Crippen molar-refractivity contribution in [1.29, 1.82) is 0 Å². The van der Waals surface area contributed by atoms with Crippen molar-refractivity contribution in [2.45, 2.75) is 23.4 Å². The SMILES string of the molecule is COCCNCc1ccc(Sc2cnccn2)c(C)c1. The molecule has 106 valence electrons. The highest BCUT2D eigenvalue weighted by Crippen LogP contribution is 2.28. The molecule has 1 aromatic carbocycles. The fourth-order valence-electron chi connectivity index (χ4n) is 1.79. The first-order valence-electron chi connectivity index (χ1n) is 6.52. The maximum absolute atomic E-state index is 5.01. The van der Waals surface area contributed by atoms with Gasteiger partial charge in [0, 0.05) is 37.5 Å². The van der Waals surface area contributed by atoms with E-state index in [-0.39, 0.29) is 0 Å². The summed E-state index contributed by atoms with van der Waals surface area (Å²) >= 11 is 1.64. The second-order valence-electron chi connectivity index (χ2n) is 4.42. The number of aromatic nitrogens is 2. The van der Waals surface area contributed by atoms with E-state index in [1.54, 1.807) is 37.5 Å². The van der Waals surface area contributed by atoms with Gasteiger partial charge in [-0.15, -0.1) is 0 Å². The maximum atomic E-state index is 5.01. The molecule has 5 heteroatoms. The Morgan fingerprint density at radius 2 is 2.20 bits per heavy atom. The predicted molar refractivity (Wildman–Crippen MR) is 80.9 cm³/mol. The number of hydrogen-bond donors (Lipinski definition) is 1. The molecule has 0 aliphatic carbocycles. The van der Waals surface area contributed by atoms with E-state index in [4.69, 9.17) is 4.74 Å². The molecule has 0 spiro atoms. The average Bonchev–Trinajstić information content (AvgIpc) is 2.47. The molecular weight excluding hydrogens is 270 g/mol. The number of hydrogen-bond acceptors (Lipinski definition) is 5. The second kappa shape index (κ2) is 7.99. The van der Waals surface area contributed by atoms with Gasteiger partial charge in [0.05, 0.1) is 12.8 Å². The molecule has 4 nitrogen and oxygen atoms in total. The molecule has 20 heavy (non-hydrogen) atoms. The van der Waals surface area contributed by atoms with Crippen molar-refractivity contribution in [2.75, 3.05) is 20.3 Å². The molecule has 0 amide bonds. The fraction of sp³-hybridized carbons (Fsp3) is 0.333. The van der Waals surface area contributed by atoms with E-state index in [1.165, 1.54) is 16.0 Å². The Morgan fingerprint density at radius 3 is 2.90 bits per heavy atom. The van der Waals surface area contributed by atoms with Crippen LogP contribution < -0.4 is 5.32 Å². The van der Waals surface area contributed by atoms with Crippen LogP contribution in [0.5, 0.6) is 0 Å². The first kappa shape index (κ1) is 15.0. The minimum absolute atomic E-state index is 0.736. The van der Waals surface area contributed by atoms with Crippen LogP contribution >= 0.6 is 11.8 Å².